The number of phenols is 2. The fourth-order valence-corrected chi connectivity index (χ4v) is 1.87. The summed E-state index contributed by atoms with van der Waals surface area (Å²) in [5, 5.41) is 18.4. The predicted octanol–water partition coefficient (Wildman–Crippen LogP) is 0.810. The normalized spacial score (nSPS) is 11.5. The van der Waals surface area contributed by atoms with E-state index >= 15 is 0 Å². The van der Waals surface area contributed by atoms with Crippen molar-refractivity contribution in [1.82, 2.24) is 0 Å². The van der Waals surface area contributed by atoms with Gasteiger partial charge in [0.15, 0.2) is 21.3 Å². The number of aryl methyl sites for hydroxylation is 1. The number of hydrogen-bond donors (Lipinski definition) is 2. The molecule has 0 bridgehead atoms. The molecule has 0 aliphatic heterocycles. The number of phenolic OH excluding ortho intramolecular Hbond substituents is 2. The summed E-state index contributed by atoms with van der Waals surface area (Å²) in [5.41, 5.74) is 0.579. The molecule has 1 rings (SSSR count). The first-order valence-electron chi connectivity index (χ1n) is 3.55. The first-order valence-corrected chi connectivity index (χ1v) is 5.44. The molecule has 0 atom stereocenters. The van der Waals surface area contributed by atoms with Gasteiger partial charge in [0.1, 0.15) is 4.90 Å². The lowest BCUT2D eigenvalue weighted by atomic mass is 10.2. The molecule has 1 aromatic carbocycles. The second-order valence-corrected chi connectivity index (χ2v) is 4.89. The van der Waals surface area contributed by atoms with Gasteiger partial charge in [0.25, 0.3) is 0 Å². The van der Waals surface area contributed by atoms with Crippen molar-refractivity contribution in [1.29, 1.82) is 0 Å². The summed E-state index contributed by atoms with van der Waals surface area (Å²) in [7, 11) is -3.49. The second-order valence-electron chi connectivity index (χ2n) is 2.90. The van der Waals surface area contributed by atoms with Gasteiger partial charge in [-0.05, 0) is 24.6 Å². The van der Waals surface area contributed by atoms with Gasteiger partial charge in [-0.3, -0.25) is 0 Å². The van der Waals surface area contributed by atoms with Crippen LogP contribution in [-0.2, 0) is 9.84 Å². The SMILES string of the molecule is Cc1cc(O)c(O)c(S(C)(=O)=O)c1. The van der Waals surface area contributed by atoms with Gasteiger partial charge >= 0.3 is 0 Å². The van der Waals surface area contributed by atoms with Crippen LogP contribution in [0.5, 0.6) is 11.5 Å². The van der Waals surface area contributed by atoms with E-state index in [0.29, 0.717) is 5.56 Å². The van der Waals surface area contributed by atoms with Gasteiger partial charge in [0.2, 0.25) is 0 Å². The Labute approximate surface area is 76.4 Å². The molecule has 2 N–H and O–H groups in total. The molecule has 0 amide bonds. The highest BCUT2D eigenvalue weighted by atomic mass is 32.2. The minimum Gasteiger partial charge on any atom is -0.504 e. The molecular formula is C8H10O4S. The molecule has 4 nitrogen and oxygen atoms in total. The second kappa shape index (κ2) is 2.92. The third-order valence-electron chi connectivity index (χ3n) is 1.60. The van der Waals surface area contributed by atoms with E-state index in [0.717, 1.165) is 6.26 Å². The molecule has 72 valence electrons. The number of rotatable bonds is 1. The van der Waals surface area contributed by atoms with Gasteiger partial charge in [0, 0.05) is 6.26 Å². The Morgan fingerprint density at radius 1 is 1.23 bits per heavy atom. The first-order chi connectivity index (χ1) is 5.82. The van der Waals surface area contributed by atoms with Gasteiger partial charge in [0.05, 0.1) is 0 Å². The molecule has 0 aromatic heterocycles. The highest BCUT2D eigenvalue weighted by molar-refractivity contribution is 7.90. The highest BCUT2D eigenvalue weighted by Crippen LogP contribution is 2.33. The van der Waals surface area contributed by atoms with E-state index in [1.165, 1.54) is 12.1 Å². The lowest BCUT2D eigenvalue weighted by Crippen LogP contribution is -1.98. The quantitative estimate of drug-likeness (QED) is 0.661. The summed E-state index contributed by atoms with van der Waals surface area (Å²) in [5.74, 6) is -1.01. The summed E-state index contributed by atoms with van der Waals surface area (Å²) in [6.45, 7) is 1.63. The molecule has 0 saturated carbocycles. The molecule has 0 fully saturated rings. The zero-order valence-electron chi connectivity index (χ0n) is 7.27. The van der Waals surface area contributed by atoms with Crippen LogP contribution in [0.15, 0.2) is 17.0 Å². The molecule has 0 spiro atoms. The maximum atomic E-state index is 11.1. The first kappa shape index (κ1) is 9.85. The topological polar surface area (TPSA) is 74.6 Å². The van der Waals surface area contributed by atoms with E-state index in [1.807, 2.05) is 0 Å². The van der Waals surface area contributed by atoms with Crippen molar-refractivity contribution >= 4 is 9.84 Å². The van der Waals surface area contributed by atoms with E-state index in [2.05, 4.69) is 0 Å². The van der Waals surface area contributed by atoms with Gasteiger partial charge in [-0.25, -0.2) is 8.42 Å². The maximum absolute atomic E-state index is 11.1. The van der Waals surface area contributed by atoms with Crippen molar-refractivity contribution in [3.8, 4) is 11.5 Å². The Morgan fingerprint density at radius 2 is 1.77 bits per heavy atom. The van der Waals surface area contributed by atoms with Gasteiger partial charge in [-0.2, -0.15) is 0 Å². The van der Waals surface area contributed by atoms with Crippen molar-refractivity contribution in [2.75, 3.05) is 6.26 Å². The van der Waals surface area contributed by atoms with E-state index in [1.54, 1.807) is 6.92 Å². The summed E-state index contributed by atoms with van der Waals surface area (Å²) in [6, 6.07) is 2.61. The number of sulfone groups is 1. The van der Waals surface area contributed by atoms with Crippen molar-refractivity contribution in [2.45, 2.75) is 11.8 Å². The molecule has 0 radical (unpaired) electrons. The summed E-state index contributed by atoms with van der Waals surface area (Å²) in [6.07, 6.45) is 0.973. The lowest BCUT2D eigenvalue weighted by molar-refractivity contribution is 0.393. The van der Waals surface area contributed by atoms with Crippen LogP contribution in [0.1, 0.15) is 5.56 Å². The molecule has 0 heterocycles. The standard InChI is InChI=1S/C8H10O4S/c1-5-3-6(9)8(10)7(4-5)13(2,11)12/h3-4,9-10H,1-2H3. The van der Waals surface area contributed by atoms with Crippen LogP contribution in [0.2, 0.25) is 0 Å². The Balaban J connectivity index is 3.56. The predicted molar refractivity (Wildman–Crippen MR) is 47.6 cm³/mol. The van der Waals surface area contributed by atoms with E-state index in [-0.39, 0.29) is 4.90 Å². The van der Waals surface area contributed by atoms with Crippen LogP contribution in [-0.4, -0.2) is 24.9 Å². The fourth-order valence-electron chi connectivity index (χ4n) is 1.01. The minimum absolute atomic E-state index is 0.245. The third-order valence-corrected chi connectivity index (χ3v) is 2.71. The van der Waals surface area contributed by atoms with Gasteiger partial charge in [-0.1, -0.05) is 0 Å². The average molecular weight is 202 g/mol. The van der Waals surface area contributed by atoms with Crippen molar-refractivity contribution in [3.05, 3.63) is 17.7 Å². The number of aromatic hydroxyl groups is 2. The molecule has 5 heteroatoms. The smallest absolute Gasteiger partial charge is 0.179 e. The molecule has 13 heavy (non-hydrogen) atoms. The monoisotopic (exact) mass is 202 g/mol. The van der Waals surface area contributed by atoms with Crippen molar-refractivity contribution in [2.24, 2.45) is 0 Å². The molecule has 0 unspecified atom stereocenters. The molecule has 0 aliphatic carbocycles. The Morgan fingerprint density at radius 3 is 2.23 bits per heavy atom. The van der Waals surface area contributed by atoms with Crippen LogP contribution >= 0.6 is 0 Å². The van der Waals surface area contributed by atoms with Crippen LogP contribution in [0.25, 0.3) is 0 Å². The Bertz CT molecular complexity index is 434. The molecular weight excluding hydrogens is 192 g/mol. The Hall–Kier alpha value is -1.23. The van der Waals surface area contributed by atoms with Crippen LogP contribution < -0.4 is 0 Å². The minimum atomic E-state index is -3.49. The summed E-state index contributed by atoms with van der Waals surface area (Å²) < 4.78 is 22.2. The fraction of sp³-hybridized carbons (Fsp3) is 0.250. The zero-order valence-corrected chi connectivity index (χ0v) is 8.09. The maximum Gasteiger partial charge on any atom is 0.179 e. The highest BCUT2D eigenvalue weighted by Gasteiger charge is 2.16. The van der Waals surface area contributed by atoms with E-state index in [4.69, 9.17) is 5.11 Å². The zero-order chi connectivity index (χ0) is 10.2. The molecule has 0 saturated heterocycles. The average Bonchev–Trinajstić information content (AvgIpc) is 1.94. The third kappa shape index (κ3) is 1.92. The lowest BCUT2D eigenvalue weighted by Gasteiger charge is -2.05. The van der Waals surface area contributed by atoms with E-state index in [9.17, 15) is 13.5 Å². The van der Waals surface area contributed by atoms with E-state index < -0.39 is 21.3 Å². The largest absolute Gasteiger partial charge is 0.504 e. The van der Waals surface area contributed by atoms with Gasteiger partial charge in [-0.15, -0.1) is 0 Å². The summed E-state index contributed by atoms with van der Waals surface area (Å²) >= 11 is 0. The molecule has 0 aliphatic rings. The van der Waals surface area contributed by atoms with Crippen LogP contribution in [0.4, 0.5) is 0 Å². The van der Waals surface area contributed by atoms with Crippen LogP contribution in [0.3, 0.4) is 0 Å². The molecule has 1 aromatic rings. The van der Waals surface area contributed by atoms with Crippen LogP contribution in [0, 0.1) is 6.92 Å². The number of hydrogen-bond acceptors (Lipinski definition) is 4. The number of benzene rings is 1. The van der Waals surface area contributed by atoms with Crippen molar-refractivity contribution in [3.63, 3.8) is 0 Å². The Kier molecular flexibility index (Phi) is 2.21. The van der Waals surface area contributed by atoms with Crippen molar-refractivity contribution < 1.29 is 18.6 Å². The summed E-state index contributed by atoms with van der Waals surface area (Å²) in [4.78, 5) is -0.245. The van der Waals surface area contributed by atoms with Gasteiger partial charge < -0.3 is 10.2 Å².